The highest BCUT2D eigenvalue weighted by atomic mass is 79.9. The lowest BCUT2D eigenvalue weighted by atomic mass is 9.86. The minimum absolute atomic E-state index is 0.155. The summed E-state index contributed by atoms with van der Waals surface area (Å²) in [7, 11) is 2.00. The van der Waals surface area contributed by atoms with Crippen molar-refractivity contribution in [2.75, 3.05) is 13.6 Å². The van der Waals surface area contributed by atoms with E-state index >= 15 is 0 Å². The number of rotatable bonds is 5. The summed E-state index contributed by atoms with van der Waals surface area (Å²) in [4.78, 5) is 15.5. The van der Waals surface area contributed by atoms with Crippen molar-refractivity contribution in [2.24, 2.45) is 5.92 Å². The van der Waals surface area contributed by atoms with E-state index < -0.39 is 0 Å². The molecule has 2 unspecified atom stereocenters. The van der Waals surface area contributed by atoms with E-state index in [0.717, 1.165) is 16.8 Å². The predicted octanol–water partition coefficient (Wildman–Crippen LogP) is 3.64. The van der Waals surface area contributed by atoms with Gasteiger partial charge in [-0.3, -0.25) is 9.69 Å². The van der Waals surface area contributed by atoms with Gasteiger partial charge in [-0.15, -0.1) is 11.3 Å². The molecule has 112 valence electrons. The number of amides is 1. The van der Waals surface area contributed by atoms with Crippen molar-refractivity contribution in [1.82, 2.24) is 10.2 Å². The van der Waals surface area contributed by atoms with Crippen molar-refractivity contribution in [2.45, 2.75) is 45.2 Å². The van der Waals surface area contributed by atoms with Gasteiger partial charge in [-0.05, 0) is 53.9 Å². The molecule has 1 saturated carbocycles. The monoisotopic (exact) mass is 358 g/mol. The quantitative estimate of drug-likeness (QED) is 0.871. The molecule has 1 amide bonds. The first-order valence-electron chi connectivity index (χ1n) is 7.26. The van der Waals surface area contributed by atoms with Crippen molar-refractivity contribution < 1.29 is 4.79 Å². The maximum absolute atomic E-state index is 12.1. The Bertz CT molecular complexity index is 449. The lowest BCUT2D eigenvalue weighted by Gasteiger charge is -2.30. The zero-order valence-corrected chi connectivity index (χ0v) is 14.6. The topological polar surface area (TPSA) is 32.3 Å². The van der Waals surface area contributed by atoms with Gasteiger partial charge in [0.2, 0.25) is 5.91 Å². The summed E-state index contributed by atoms with van der Waals surface area (Å²) in [6.07, 6.45) is 4.92. The first kappa shape index (κ1) is 16.0. The second kappa shape index (κ2) is 7.57. The van der Waals surface area contributed by atoms with Gasteiger partial charge in [0.15, 0.2) is 0 Å². The normalized spacial score (nSPS) is 23.0. The maximum atomic E-state index is 12.1. The molecule has 0 bridgehead atoms. The Hall–Kier alpha value is -0.390. The maximum Gasteiger partial charge on any atom is 0.234 e. The highest BCUT2D eigenvalue weighted by Crippen LogP contribution is 2.24. The number of carbonyl (C=O) groups excluding carboxylic acids is 1. The number of hydrogen-bond acceptors (Lipinski definition) is 3. The van der Waals surface area contributed by atoms with E-state index in [4.69, 9.17) is 0 Å². The molecule has 2 rings (SSSR count). The fraction of sp³-hybridized carbons (Fsp3) is 0.667. The van der Waals surface area contributed by atoms with Gasteiger partial charge < -0.3 is 5.32 Å². The standard InChI is InChI=1S/C15H23BrN2OS/c1-11-5-3-4-6-13(11)17-15(19)10-18(2)9-12-7-8-14(16)20-12/h7-8,11,13H,3-6,9-10H2,1-2H3,(H,17,19). The van der Waals surface area contributed by atoms with Crippen LogP contribution in [-0.2, 0) is 11.3 Å². The summed E-state index contributed by atoms with van der Waals surface area (Å²) >= 11 is 5.19. The average Bonchev–Trinajstić information content (AvgIpc) is 2.77. The van der Waals surface area contributed by atoms with Crippen LogP contribution in [0.25, 0.3) is 0 Å². The third kappa shape index (κ3) is 4.86. The Morgan fingerprint density at radius 2 is 2.20 bits per heavy atom. The van der Waals surface area contributed by atoms with E-state index in [0.29, 0.717) is 18.5 Å². The zero-order valence-electron chi connectivity index (χ0n) is 12.2. The number of likely N-dealkylation sites (N-methyl/N-ethyl adjacent to an activating group) is 1. The number of hydrogen-bond donors (Lipinski definition) is 1. The first-order chi connectivity index (χ1) is 9.54. The van der Waals surface area contributed by atoms with E-state index in [1.165, 1.54) is 24.1 Å². The average molecular weight is 359 g/mol. The van der Waals surface area contributed by atoms with Crippen molar-refractivity contribution in [3.63, 3.8) is 0 Å². The molecule has 1 aromatic heterocycles. The van der Waals surface area contributed by atoms with Gasteiger partial charge in [-0.1, -0.05) is 19.8 Å². The fourth-order valence-corrected chi connectivity index (χ4v) is 4.35. The summed E-state index contributed by atoms with van der Waals surface area (Å²) in [5, 5.41) is 3.20. The van der Waals surface area contributed by atoms with Gasteiger partial charge in [-0.25, -0.2) is 0 Å². The number of halogens is 1. The molecule has 5 heteroatoms. The first-order valence-corrected chi connectivity index (χ1v) is 8.87. The highest BCUT2D eigenvalue weighted by molar-refractivity contribution is 9.11. The predicted molar refractivity (Wildman–Crippen MR) is 87.9 cm³/mol. The molecule has 20 heavy (non-hydrogen) atoms. The van der Waals surface area contributed by atoms with Crippen molar-refractivity contribution in [3.05, 3.63) is 20.8 Å². The highest BCUT2D eigenvalue weighted by Gasteiger charge is 2.23. The van der Waals surface area contributed by atoms with Gasteiger partial charge in [-0.2, -0.15) is 0 Å². The molecule has 1 aliphatic rings. The van der Waals surface area contributed by atoms with Crippen LogP contribution in [0.1, 0.15) is 37.5 Å². The summed E-state index contributed by atoms with van der Waals surface area (Å²) in [6.45, 7) is 3.54. The van der Waals surface area contributed by atoms with Gasteiger partial charge in [0.05, 0.1) is 10.3 Å². The molecule has 1 aliphatic carbocycles. The van der Waals surface area contributed by atoms with Crippen LogP contribution < -0.4 is 5.32 Å². The molecule has 0 radical (unpaired) electrons. The second-order valence-corrected chi connectivity index (χ2v) is 8.36. The SMILES string of the molecule is CC1CCCCC1NC(=O)CN(C)Cc1ccc(Br)s1. The lowest BCUT2D eigenvalue weighted by Crippen LogP contribution is -2.44. The van der Waals surface area contributed by atoms with E-state index in [1.54, 1.807) is 11.3 Å². The molecule has 0 aromatic carbocycles. The summed E-state index contributed by atoms with van der Waals surface area (Å²) in [5.41, 5.74) is 0. The largest absolute Gasteiger partial charge is 0.352 e. The Morgan fingerprint density at radius 1 is 1.45 bits per heavy atom. The Kier molecular flexibility index (Phi) is 6.05. The van der Waals surface area contributed by atoms with Crippen molar-refractivity contribution >= 4 is 33.2 Å². The molecule has 3 nitrogen and oxygen atoms in total. The summed E-state index contributed by atoms with van der Waals surface area (Å²) in [5.74, 6) is 0.771. The van der Waals surface area contributed by atoms with E-state index in [1.807, 2.05) is 7.05 Å². The molecule has 2 atom stereocenters. The van der Waals surface area contributed by atoms with Crippen LogP contribution in [-0.4, -0.2) is 30.4 Å². The van der Waals surface area contributed by atoms with Gasteiger partial charge in [0.1, 0.15) is 0 Å². The Labute approximate surface area is 133 Å². The van der Waals surface area contributed by atoms with Gasteiger partial charge >= 0.3 is 0 Å². The lowest BCUT2D eigenvalue weighted by molar-refractivity contribution is -0.123. The molecule has 1 fully saturated rings. The second-order valence-electron chi connectivity index (χ2n) is 5.81. The van der Waals surface area contributed by atoms with Gasteiger partial charge in [0, 0.05) is 17.5 Å². The third-order valence-electron chi connectivity index (χ3n) is 3.93. The Morgan fingerprint density at radius 3 is 2.85 bits per heavy atom. The van der Waals surface area contributed by atoms with Crippen LogP contribution in [0.4, 0.5) is 0 Å². The van der Waals surface area contributed by atoms with Gasteiger partial charge in [0.25, 0.3) is 0 Å². The van der Waals surface area contributed by atoms with E-state index in [2.05, 4.69) is 45.2 Å². The van der Waals surface area contributed by atoms with Crippen molar-refractivity contribution in [1.29, 1.82) is 0 Å². The number of thiophene rings is 1. The minimum Gasteiger partial charge on any atom is -0.352 e. The minimum atomic E-state index is 0.155. The van der Waals surface area contributed by atoms with Crippen LogP contribution >= 0.6 is 27.3 Å². The smallest absolute Gasteiger partial charge is 0.234 e. The van der Waals surface area contributed by atoms with Crippen molar-refractivity contribution in [3.8, 4) is 0 Å². The van der Waals surface area contributed by atoms with E-state index in [-0.39, 0.29) is 5.91 Å². The molecule has 1 N–H and O–H groups in total. The van der Waals surface area contributed by atoms with Crippen LogP contribution in [0.5, 0.6) is 0 Å². The molecule has 0 spiro atoms. The summed E-state index contributed by atoms with van der Waals surface area (Å²) in [6, 6.07) is 4.53. The number of nitrogens with one attached hydrogen (secondary N) is 1. The molecular formula is C15H23BrN2OS. The summed E-state index contributed by atoms with van der Waals surface area (Å²) < 4.78 is 1.14. The molecule has 0 aliphatic heterocycles. The van der Waals surface area contributed by atoms with Crippen LogP contribution in [0.2, 0.25) is 0 Å². The molecular weight excluding hydrogens is 336 g/mol. The molecule has 1 heterocycles. The van der Waals surface area contributed by atoms with Crippen LogP contribution in [0.3, 0.4) is 0 Å². The zero-order chi connectivity index (χ0) is 14.5. The number of carbonyl (C=O) groups is 1. The fourth-order valence-electron chi connectivity index (χ4n) is 2.79. The number of nitrogens with zero attached hydrogens (tertiary/aromatic N) is 1. The van der Waals surface area contributed by atoms with Crippen LogP contribution in [0, 0.1) is 5.92 Å². The van der Waals surface area contributed by atoms with E-state index in [9.17, 15) is 4.79 Å². The third-order valence-corrected chi connectivity index (χ3v) is 5.53. The Balaban J connectivity index is 1.75. The molecule has 1 aromatic rings. The van der Waals surface area contributed by atoms with Crippen LogP contribution in [0.15, 0.2) is 15.9 Å². The molecule has 0 saturated heterocycles.